The van der Waals surface area contributed by atoms with Crippen molar-refractivity contribution in [3.05, 3.63) is 54.5 Å². The van der Waals surface area contributed by atoms with Gasteiger partial charge in [0, 0.05) is 30.4 Å². The van der Waals surface area contributed by atoms with Crippen molar-refractivity contribution in [2.75, 3.05) is 13.1 Å². The van der Waals surface area contributed by atoms with Crippen LogP contribution >= 0.6 is 0 Å². The number of hydrogen-bond acceptors (Lipinski definition) is 4. The molecule has 122 valence electrons. The molecule has 2 aromatic heterocycles. The zero-order valence-electron chi connectivity index (χ0n) is 14.0. The van der Waals surface area contributed by atoms with E-state index in [0.717, 1.165) is 35.9 Å². The van der Waals surface area contributed by atoms with Crippen LogP contribution in [0.3, 0.4) is 0 Å². The molecule has 0 amide bonds. The lowest BCUT2D eigenvalue weighted by atomic mass is 10.1. The quantitative estimate of drug-likeness (QED) is 0.735. The second-order valence-electron chi connectivity index (χ2n) is 6.59. The zero-order valence-corrected chi connectivity index (χ0v) is 14.0. The number of hydrogen-bond donors (Lipinski definition) is 0. The lowest BCUT2D eigenvalue weighted by Crippen LogP contribution is -2.28. The SMILES string of the molecule is C[C@H]1CCCN1CCc1ccc2nc(-c3cnccn3)ccc2c1. The molecule has 4 rings (SSSR count). The van der Waals surface area contributed by atoms with E-state index in [2.05, 4.69) is 46.1 Å². The second-order valence-corrected chi connectivity index (χ2v) is 6.59. The Balaban J connectivity index is 1.53. The van der Waals surface area contributed by atoms with E-state index < -0.39 is 0 Å². The Morgan fingerprint density at radius 1 is 1.12 bits per heavy atom. The standard InChI is InChI=1S/C20H22N4/c1-15-3-2-11-24(15)12-8-16-4-6-18-17(13-16)5-7-19(23-18)20-14-21-9-10-22-20/h4-7,9-10,13-15H,2-3,8,11-12H2,1H3/t15-/m0/s1. The van der Waals surface area contributed by atoms with Crippen molar-refractivity contribution < 1.29 is 0 Å². The summed E-state index contributed by atoms with van der Waals surface area (Å²) in [5.74, 6) is 0. The van der Waals surface area contributed by atoms with Gasteiger partial charge in [-0.25, -0.2) is 4.98 Å². The summed E-state index contributed by atoms with van der Waals surface area (Å²) in [4.78, 5) is 15.8. The number of aromatic nitrogens is 3. The van der Waals surface area contributed by atoms with Crippen molar-refractivity contribution >= 4 is 10.9 Å². The Morgan fingerprint density at radius 2 is 2.08 bits per heavy atom. The van der Waals surface area contributed by atoms with Crippen molar-refractivity contribution in [3.8, 4) is 11.4 Å². The van der Waals surface area contributed by atoms with Crippen molar-refractivity contribution in [2.45, 2.75) is 32.2 Å². The fraction of sp³-hybridized carbons (Fsp3) is 0.350. The van der Waals surface area contributed by atoms with Gasteiger partial charge in [0.15, 0.2) is 0 Å². The van der Waals surface area contributed by atoms with E-state index in [4.69, 9.17) is 4.98 Å². The highest BCUT2D eigenvalue weighted by molar-refractivity contribution is 5.81. The van der Waals surface area contributed by atoms with Gasteiger partial charge >= 0.3 is 0 Å². The Labute approximate surface area is 142 Å². The Hall–Kier alpha value is -2.33. The van der Waals surface area contributed by atoms with E-state index in [1.54, 1.807) is 18.6 Å². The molecule has 1 saturated heterocycles. The van der Waals surface area contributed by atoms with Crippen LogP contribution in [0.4, 0.5) is 0 Å². The first kappa shape index (κ1) is 15.2. The highest BCUT2D eigenvalue weighted by Crippen LogP contribution is 2.21. The Morgan fingerprint density at radius 3 is 2.88 bits per heavy atom. The summed E-state index contributed by atoms with van der Waals surface area (Å²) in [6.07, 6.45) is 8.91. The molecule has 0 unspecified atom stereocenters. The van der Waals surface area contributed by atoms with E-state index in [1.807, 2.05) is 6.07 Å². The lowest BCUT2D eigenvalue weighted by molar-refractivity contribution is 0.272. The number of pyridine rings is 1. The highest BCUT2D eigenvalue weighted by Gasteiger charge is 2.19. The van der Waals surface area contributed by atoms with Gasteiger partial charge in [0.05, 0.1) is 17.4 Å². The third-order valence-electron chi connectivity index (χ3n) is 4.96. The van der Waals surface area contributed by atoms with Gasteiger partial charge in [-0.1, -0.05) is 12.1 Å². The van der Waals surface area contributed by atoms with Crippen LogP contribution in [0.2, 0.25) is 0 Å². The molecule has 0 spiro atoms. The first-order chi connectivity index (χ1) is 11.8. The largest absolute Gasteiger partial charge is 0.300 e. The number of rotatable bonds is 4. The third-order valence-corrected chi connectivity index (χ3v) is 4.96. The minimum absolute atomic E-state index is 0.738. The van der Waals surface area contributed by atoms with Crippen LogP contribution in [0.5, 0.6) is 0 Å². The molecule has 3 heterocycles. The van der Waals surface area contributed by atoms with Crippen molar-refractivity contribution in [1.82, 2.24) is 19.9 Å². The summed E-state index contributed by atoms with van der Waals surface area (Å²) < 4.78 is 0. The van der Waals surface area contributed by atoms with Crippen LogP contribution in [0.25, 0.3) is 22.3 Å². The molecule has 0 saturated carbocycles. The van der Waals surface area contributed by atoms with Gasteiger partial charge in [0.2, 0.25) is 0 Å². The first-order valence-corrected chi connectivity index (χ1v) is 8.70. The fourth-order valence-corrected chi connectivity index (χ4v) is 3.50. The van der Waals surface area contributed by atoms with Crippen molar-refractivity contribution in [1.29, 1.82) is 0 Å². The topological polar surface area (TPSA) is 41.9 Å². The number of nitrogens with zero attached hydrogens (tertiary/aromatic N) is 4. The van der Waals surface area contributed by atoms with Gasteiger partial charge in [-0.05, 0) is 56.5 Å². The van der Waals surface area contributed by atoms with Crippen LogP contribution in [-0.2, 0) is 6.42 Å². The van der Waals surface area contributed by atoms with Gasteiger partial charge in [-0.15, -0.1) is 0 Å². The zero-order chi connectivity index (χ0) is 16.4. The molecular formula is C20H22N4. The monoisotopic (exact) mass is 318 g/mol. The summed E-state index contributed by atoms with van der Waals surface area (Å²) >= 11 is 0. The van der Waals surface area contributed by atoms with E-state index >= 15 is 0 Å². The Bertz CT molecular complexity index is 831. The third kappa shape index (κ3) is 3.15. The number of fused-ring (bicyclic) bond motifs is 1. The van der Waals surface area contributed by atoms with E-state index in [-0.39, 0.29) is 0 Å². The second kappa shape index (κ2) is 6.65. The van der Waals surface area contributed by atoms with Gasteiger partial charge in [0.1, 0.15) is 5.69 Å². The molecule has 0 aliphatic carbocycles. The number of likely N-dealkylation sites (tertiary alicyclic amines) is 1. The predicted octanol–water partition coefficient (Wildman–Crippen LogP) is 3.72. The molecule has 4 heteroatoms. The smallest absolute Gasteiger partial charge is 0.107 e. The van der Waals surface area contributed by atoms with Crippen LogP contribution < -0.4 is 0 Å². The van der Waals surface area contributed by atoms with Gasteiger partial charge in [-0.2, -0.15) is 0 Å². The average Bonchev–Trinajstić information content (AvgIpc) is 3.05. The lowest BCUT2D eigenvalue weighted by Gasteiger charge is -2.20. The van der Waals surface area contributed by atoms with Gasteiger partial charge in [0.25, 0.3) is 0 Å². The molecule has 1 aromatic carbocycles. The normalized spacial score (nSPS) is 18.3. The molecule has 24 heavy (non-hydrogen) atoms. The van der Waals surface area contributed by atoms with Gasteiger partial charge < -0.3 is 4.90 Å². The molecule has 1 fully saturated rings. The maximum Gasteiger partial charge on any atom is 0.107 e. The summed E-state index contributed by atoms with van der Waals surface area (Å²) in [5.41, 5.74) is 4.08. The summed E-state index contributed by atoms with van der Waals surface area (Å²) in [5, 5.41) is 1.19. The van der Waals surface area contributed by atoms with Crippen LogP contribution in [0.15, 0.2) is 48.9 Å². The van der Waals surface area contributed by atoms with E-state index in [0.29, 0.717) is 0 Å². The van der Waals surface area contributed by atoms with Gasteiger partial charge in [-0.3, -0.25) is 9.97 Å². The van der Waals surface area contributed by atoms with Crippen molar-refractivity contribution in [2.24, 2.45) is 0 Å². The predicted molar refractivity (Wildman–Crippen MR) is 96.7 cm³/mol. The molecule has 0 bridgehead atoms. The molecule has 1 aliphatic rings. The highest BCUT2D eigenvalue weighted by atomic mass is 15.2. The van der Waals surface area contributed by atoms with Crippen LogP contribution in [-0.4, -0.2) is 39.0 Å². The van der Waals surface area contributed by atoms with Crippen LogP contribution in [0.1, 0.15) is 25.3 Å². The maximum absolute atomic E-state index is 4.72. The molecule has 4 nitrogen and oxygen atoms in total. The van der Waals surface area contributed by atoms with E-state index in [9.17, 15) is 0 Å². The molecule has 0 radical (unpaired) electrons. The minimum atomic E-state index is 0.738. The minimum Gasteiger partial charge on any atom is -0.300 e. The molecule has 1 atom stereocenters. The maximum atomic E-state index is 4.72. The van der Waals surface area contributed by atoms with Crippen molar-refractivity contribution in [3.63, 3.8) is 0 Å². The Kier molecular flexibility index (Phi) is 4.22. The summed E-state index contributed by atoms with van der Waals surface area (Å²) in [6.45, 7) is 4.74. The molecule has 3 aromatic rings. The van der Waals surface area contributed by atoms with E-state index in [1.165, 1.54) is 30.3 Å². The summed E-state index contributed by atoms with van der Waals surface area (Å²) in [7, 11) is 0. The summed E-state index contributed by atoms with van der Waals surface area (Å²) in [6, 6.07) is 11.5. The molecule has 0 N–H and O–H groups in total. The fourth-order valence-electron chi connectivity index (χ4n) is 3.50. The molecule has 1 aliphatic heterocycles. The first-order valence-electron chi connectivity index (χ1n) is 8.70. The molecular weight excluding hydrogens is 296 g/mol. The number of benzene rings is 1. The average molecular weight is 318 g/mol. The van der Waals surface area contributed by atoms with Crippen LogP contribution in [0, 0.1) is 0 Å².